The fraction of sp³-hybridized carbons (Fsp3) is 0.318. The Labute approximate surface area is 150 Å². The fourth-order valence-electron chi connectivity index (χ4n) is 3.19. The molecule has 0 radical (unpaired) electrons. The lowest BCUT2D eigenvalue weighted by atomic mass is 10.2. The molecule has 0 atom stereocenters. The average Bonchev–Trinajstić information content (AvgIpc) is 3.18. The Morgan fingerprint density at radius 2 is 1.60 bits per heavy atom. The maximum atomic E-state index is 12.5. The highest BCUT2D eigenvalue weighted by Gasteiger charge is 2.20. The number of likely N-dealkylation sites (tertiary alicyclic amines) is 1. The van der Waals surface area contributed by atoms with Gasteiger partial charge in [0, 0.05) is 26.2 Å². The van der Waals surface area contributed by atoms with Gasteiger partial charge in [-0.05, 0) is 24.0 Å². The van der Waals surface area contributed by atoms with Gasteiger partial charge in [0.1, 0.15) is 0 Å². The molecule has 0 aromatic heterocycles. The highest BCUT2D eigenvalue weighted by atomic mass is 16.2. The van der Waals surface area contributed by atoms with Gasteiger partial charge in [-0.2, -0.15) is 0 Å². The molecule has 0 unspecified atom stereocenters. The second kappa shape index (κ2) is 9.19. The number of nitrogens with zero attached hydrogens (tertiary/aromatic N) is 2. The van der Waals surface area contributed by atoms with E-state index in [9.17, 15) is 4.79 Å². The first-order valence-corrected chi connectivity index (χ1v) is 9.07. The van der Waals surface area contributed by atoms with Crippen LogP contribution in [0.15, 0.2) is 66.7 Å². The molecular formula is C22H26N2O. The Morgan fingerprint density at radius 1 is 0.960 bits per heavy atom. The molecule has 3 heteroatoms. The first-order chi connectivity index (χ1) is 12.3. The van der Waals surface area contributed by atoms with Crippen LogP contribution in [0.25, 0.3) is 6.08 Å². The van der Waals surface area contributed by atoms with Crippen LogP contribution in [-0.4, -0.2) is 41.9 Å². The molecular weight excluding hydrogens is 308 g/mol. The summed E-state index contributed by atoms with van der Waals surface area (Å²) in [6, 6.07) is 20.7. The molecule has 2 aromatic rings. The molecule has 1 heterocycles. The number of hydrogen-bond acceptors (Lipinski definition) is 2. The summed E-state index contributed by atoms with van der Waals surface area (Å²) >= 11 is 0. The van der Waals surface area contributed by atoms with Crippen LogP contribution < -0.4 is 0 Å². The maximum Gasteiger partial charge on any atom is 0.236 e. The summed E-state index contributed by atoms with van der Waals surface area (Å²) in [5.74, 6) is 0.251. The number of carbonyl (C=O) groups excluding carboxylic acids is 1. The Hall–Kier alpha value is -2.39. The van der Waals surface area contributed by atoms with E-state index in [4.69, 9.17) is 0 Å². The zero-order valence-corrected chi connectivity index (χ0v) is 14.7. The summed E-state index contributed by atoms with van der Waals surface area (Å²) in [6.07, 6.45) is 6.55. The smallest absolute Gasteiger partial charge is 0.236 e. The van der Waals surface area contributed by atoms with E-state index < -0.39 is 0 Å². The molecule has 3 nitrogen and oxygen atoms in total. The van der Waals surface area contributed by atoms with Gasteiger partial charge in [-0.15, -0.1) is 0 Å². The van der Waals surface area contributed by atoms with Gasteiger partial charge in [0.05, 0.1) is 6.54 Å². The van der Waals surface area contributed by atoms with Gasteiger partial charge in [0.25, 0.3) is 0 Å². The largest absolute Gasteiger partial charge is 0.342 e. The van der Waals surface area contributed by atoms with Gasteiger partial charge < -0.3 is 4.90 Å². The van der Waals surface area contributed by atoms with Crippen LogP contribution >= 0.6 is 0 Å². The van der Waals surface area contributed by atoms with Gasteiger partial charge in [-0.25, -0.2) is 0 Å². The van der Waals surface area contributed by atoms with Gasteiger partial charge in [0.15, 0.2) is 0 Å². The molecule has 130 valence electrons. The van der Waals surface area contributed by atoms with Crippen LogP contribution in [0.4, 0.5) is 0 Å². The standard InChI is InChI=1S/C22H26N2O/c25-22(24-16-7-8-17-24)19-23(18-21-12-5-2-6-13-21)15-9-14-20-10-3-1-4-11-20/h1-6,9-14H,7-8,15-19H2/b14-9-. The second-order valence-corrected chi connectivity index (χ2v) is 6.56. The molecule has 1 fully saturated rings. The molecule has 25 heavy (non-hydrogen) atoms. The van der Waals surface area contributed by atoms with Crippen molar-refractivity contribution in [1.29, 1.82) is 0 Å². The third kappa shape index (κ3) is 5.57. The van der Waals surface area contributed by atoms with Crippen molar-refractivity contribution in [2.45, 2.75) is 19.4 Å². The van der Waals surface area contributed by atoms with Gasteiger partial charge in [0.2, 0.25) is 5.91 Å². The molecule has 0 saturated carbocycles. The van der Waals surface area contributed by atoms with Gasteiger partial charge in [-0.1, -0.05) is 72.8 Å². The summed E-state index contributed by atoms with van der Waals surface area (Å²) in [6.45, 7) is 3.87. The summed E-state index contributed by atoms with van der Waals surface area (Å²) in [5, 5.41) is 0. The van der Waals surface area contributed by atoms with E-state index in [1.807, 2.05) is 29.2 Å². The summed E-state index contributed by atoms with van der Waals surface area (Å²) in [5.41, 5.74) is 2.43. The first-order valence-electron chi connectivity index (χ1n) is 9.07. The van der Waals surface area contributed by atoms with E-state index >= 15 is 0 Å². The van der Waals surface area contributed by atoms with Gasteiger partial charge >= 0.3 is 0 Å². The third-order valence-electron chi connectivity index (χ3n) is 4.54. The Kier molecular flexibility index (Phi) is 6.41. The molecule has 0 N–H and O–H groups in total. The van der Waals surface area contributed by atoms with Crippen molar-refractivity contribution in [2.75, 3.05) is 26.2 Å². The van der Waals surface area contributed by atoms with E-state index in [2.05, 4.69) is 53.5 Å². The lowest BCUT2D eigenvalue weighted by Crippen LogP contribution is -2.38. The molecule has 1 aliphatic rings. The molecule has 3 rings (SSSR count). The first kappa shape index (κ1) is 17.4. The highest BCUT2D eigenvalue weighted by molar-refractivity contribution is 5.78. The van der Waals surface area contributed by atoms with Crippen LogP contribution in [-0.2, 0) is 11.3 Å². The minimum absolute atomic E-state index is 0.251. The van der Waals surface area contributed by atoms with Crippen LogP contribution in [0.2, 0.25) is 0 Å². The van der Waals surface area contributed by atoms with Crippen molar-refractivity contribution >= 4 is 12.0 Å². The van der Waals surface area contributed by atoms with Crippen molar-refractivity contribution < 1.29 is 4.79 Å². The Bertz CT molecular complexity index is 676. The predicted molar refractivity (Wildman–Crippen MR) is 103 cm³/mol. The number of carbonyl (C=O) groups is 1. The summed E-state index contributed by atoms with van der Waals surface area (Å²) in [4.78, 5) is 16.8. The third-order valence-corrected chi connectivity index (χ3v) is 4.54. The summed E-state index contributed by atoms with van der Waals surface area (Å²) in [7, 11) is 0. The minimum atomic E-state index is 0.251. The molecule has 1 aliphatic heterocycles. The fourth-order valence-corrected chi connectivity index (χ4v) is 3.19. The topological polar surface area (TPSA) is 23.6 Å². The number of rotatable bonds is 7. The van der Waals surface area contributed by atoms with E-state index in [0.29, 0.717) is 6.54 Å². The van der Waals surface area contributed by atoms with E-state index in [1.54, 1.807) is 0 Å². The number of amides is 1. The van der Waals surface area contributed by atoms with Crippen LogP contribution in [0, 0.1) is 0 Å². The second-order valence-electron chi connectivity index (χ2n) is 6.56. The minimum Gasteiger partial charge on any atom is -0.342 e. The van der Waals surface area contributed by atoms with Crippen LogP contribution in [0.5, 0.6) is 0 Å². The van der Waals surface area contributed by atoms with Crippen LogP contribution in [0.1, 0.15) is 24.0 Å². The van der Waals surface area contributed by atoms with E-state index in [0.717, 1.165) is 39.0 Å². The molecule has 1 amide bonds. The lowest BCUT2D eigenvalue weighted by Gasteiger charge is -2.24. The zero-order chi connectivity index (χ0) is 17.3. The average molecular weight is 334 g/mol. The number of benzene rings is 2. The Morgan fingerprint density at radius 3 is 2.28 bits per heavy atom. The van der Waals surface area contributed by atoms with Crippen molar-refractivity contribution in [1.82, 2.24) is 9.80 Å². The quantitative estimate of drug-likeness (QED) is 0.768. The van der Waals surface area contributed by atoms with Crippen molar-refractivity contribution in [3.05, 3.63) is 77.9 Å². The zero-order valence-electron chi connectivity index (χ0n) is 14.7. The van der Waals surface area contributed by atoms with Gasteiger partial charge in [-0.3, -0.25) is 9.69 Å². The molecule has 0 bridgehead atoms. The maximum absolute atomic E-state index is 12.5. The predicted octanol–water partition coefficient (Wildman–Crippen LogP) is 3.82. The van der Waals surface area contributed by atoms with Crippen molar-refractivity contribution in [2.24, 2.45) is 0 Å². The normalized spacial score (nSPS) is 14.5. The van der Waals surface area contributed by atoms with E-state index in [-0.39, 0.29) is 5.91 Å². The molecule has 0 aliphatic carbocycles. The van der Waals surface area contributed by atoms with Crippen molar-refractivity contribution in [3.8, 4) is 0 Å². The van der Waals surface area contributed by atoms with Crippen molar-refractivity contribution in [3.63, 3.8) is 0 Å². The monoisotopic (exact) mass is 334 g/mol. The molecule has 1 saturated heterocycles. The number of hydrogen-bond donors (Lipinski definition) is 0. The lowest BCUT2D eigenvalue weighted by molar-refractivity contribution is -0.131. The van der Waals surface area contributed by atoms with E-state index in [1.165, 1.54) is 11.1 Å². The SMILES string of the molecule is O=C(CN(C/C=C\c1ccccc1)Cc1ccccc1)N1CCCC1. The molecule has 0 spiro atoms. The van der Waals surface area contributed by atoms with Crippen LogP contribution in [0.3, 0.4) is 0 Å². The molecule has 2 aromatic carbocycles. The summed E-state index contributed by atoms with van der Waals surface area (Å²) < 4.78 is 0. The highest BCUT2D eigenvalue weighted by Crippen LogP contribution is 2.10. The Balaban J connectivity index is 1.63.